The highest BCUT2D eigenvalue weighted by molar-refractivity contribution is 6.30. The molecule has 7 heteroatoms. The van der Waals surface area contributed by atoms with E-state index in [0.29, 0.717) is 16.3 Å². The molecule has 2 aromatic rings. The molecule has 1 heterocycles. The summed E-state index contributed by atoms with van der Waals surface area (Å²) in [7, 11) is 0. The van der Waals surface area contributed by atoms with Gasteiger partial charge in [-0.1, -0.05) is 28.4 Å². The van der Waals surface area contributed by atoms with Gasteiger partial charge in [0, 0.05) is 16.7 Å². The first kappa shape index (κ1) is 12.6. The summed E-state index contributed by atoms with van der Waals surface area (Å²) in [5.74, 6) is -1.04. The number of aromatic nitrogens is 3. The van der Waals surface area contributed by atoms with Crippen molar-refractivity contribution in [1.29, 1.82) is 0 Å². The lowest BCUT2D eigenvalue weighted by molar-refractivity contribution is -0.131. The molecule has 0 aliphatic rings. The number of rotatable bonds is 3. The molecule has 0 amide bonds. The molecule has 92 valence electrons. The Bertz CT molecular complexity index is 623. The zero-order valence-corrected chi connectivity index (χ0v) is 10.4. The number of benzene rings is 1. The van der Waals surface area contributed by atoms with E-state index in [1.54, 1.807) is 18.2 Å². The molecule has 2 rings (SSSR count). The quantitative estimate of drug-likeness (QED) is 0.880. The lowest BCUT2D eigenvalue weighted by Gasteiger charge is -2.05. The van der Waals surface area contributed by atoms with Crippen LogP contribution < -0.4 is 0 Å². The van der Waals surface area contributed by atoms with Crippen LogP contribution in [-0.4, -0.2) is 26.1 Å². The van der Waals surface area contributed by atoms with Crippen molar-refractivity contribution < 1.29 is 9.90 Å². The molecule has 0 unspecified atom stereocenters. The zero-order valence-electron chi connectivity index (χ0n) is 8.92. The van der Waals surface area contributed by atoms with Crippen LogP contribution in [0.3, 0.4) is 0 Å². The van der Waals surface area contributed by atoms with Crippen molar-refractivity contribution in [3.05, 3.63) is 46.2 Å². The molecule has 1 N–H and O–H groups in total. The lowest BCUT2D eigenvalue weighted by Crippen LogP contribution is -1.98. The molecule has 0 radical (unpaired) electrons. The number of aliphatic carboxylic acids is 1. The second-order valence-electron chi connectivity index (χ2n) is 3.36. The van der Waals surface area contributed by atoms with E-state index in [9.17, 15) is 4.79 Å². The highest BCUT2D eigenvalue weighted by Crippen LogP contribution is 2.21. The molecule has 0 aliphatic heterocycles. The Balaban J connectivity index is 2.50. The predicted octanol–water partition coefficient (Wildman–Crippen LogP) is 2.67. The van der Waals surface area contributed by atoms with Crippen molar-refractivity contribution in [1.82, 2.24) is 15.0 Å². The maximum atomic E-state index is 10.5. The third kappa shape index (κ3) is 2.88. The molecule has 0 saturated carbocycles. The first-order valence-corrected chi connectivity index (χ1v) is 5.60. The van der Waals surface area contributed by atoms with Crippen LogP contribution in [-0.2, 0) is 4.79 Å². The standard InChI is InChI=1S/C11H7Cl2N3O2/c12-8-2-3-9(16-6-10(13)14-15-16)7(5-8)1-4-11(17)18/h1-6H,(H,17,18)/b4-1+. The van der Waals surface area contributed by atoms with Crippen LogP contribution in [0.4, 0.5) is 0 Å². The number of nitrogens with zero attached hydrogens (tertiary/aromatic N) is 3. The molecule has 18 heavy (non-hydrogen) atoms. The predicted molar refractivity (Wildman–Crippen MR) is 68.0 cm³/mol. The molecule has 0 aliphatic carbocycles. The van der Waals surface area contributed by atoms with E-state index in [0.717, 1.165) is 6.08 Å². The van der Waals surface area contributed by atoms with Crippen LogP contribution in [0.2, 0.25) is 10.2 Å². The minimum Gasteiger partial charge on any atom is -0.478 e. The van der Waals surface area contributed by atoms with Gasteiger partial charge in [0.1, 0.15) is 0 Å². The van der Waals surface area contributed by atoms with Gasteiger partial charge in [-0.25, -0.2) is 9.48 Å². The van der Waals surface area contributed by atoms with Crippen molar-refractivity contribution in [2.45, 2.75) is 0 Å². The topological polar surface area (TPSA) is 68.0 Å². The summed E-state index contributed by atoms with van der Waals surface area (Å²) in [5, 5.41) is 16.8. The van der Waals surface area contributed by atoms with E-state index in [1.807, 2.05) is 0 Å². The molecular weight excluding hydrogens is 277 g/mol. The average molecular weight is 284 g/mol. The van der Waals surface area contributed by atoms with Gasteiger partial charge >= 0.3 is 5.97 Å². The first-order chi connectivity index (χ1) is 8.56. The molecule has 0 atom stereocenters. The second-order valence-corrected chi connectivity index (χ2v) is 4.18. The molecule has 0 bridgehead atoms. The van der Waals surface area contributed by atoms with E-state index in [4.69, 9.17) is 28.3 Å². The van der Waals surface area contributed by atoms with Crippen LogP contribution in [0.1, 0.15) is 5.56 Å². The number of carbonyl (C=O) groups is 1. The average Bonchev–Trinajstić information content (AvgIpc) is 2.73. The summed E-state index contributed by atoms with van der Waals surface area (Å²) in [6.45, 7) is 0. The van der Waals surface area contributed by atoms with E-state index >= 15 is 0 Å². The lowest BCUT2D eigenvalue weighted by atomic mass is 10.1. The number of carboxylic acids is 1. The van der Waals surface area contributed by atoms with Gasteiger partial charge < -0.3 is 5.11 Å². The largest absolute Gasteiger partial charge is 0.478 e. The third-order valence-electron chi connectivity index (χ3n) is 2.11. The van der Waals surface area contributed by atoms with Crippen LogP contribution >= 0.6 is 23.2 Å². The van der Waals surface area contributed by atoms with E-state index in [1.165, 1.54) is 17.0 Å². The monoisotopic (exact) mass is 283 g/mol. The first-order valence-electron chi connectivity index (χ1n) is 4.85. The zero-order chi connectivity index (χ0) is 13.1. The van der Waals surface area contributed by atoms with Crippen LogP contribution in [0.25, 0.3) is 11.8 Å². The van der Waals surface area contributed by atoms with E-state index in [-0.39, 0.29) is 5.15 Å². The Morgan fingerprint density at radius 1 is 1.39 bits per heavy atom. The van der Waals surface area contributed by atoms with Gasteiger partial charge in [-0.15, -0.1) is 5.10 Å². The van der Waals surface area contributed by atoms with Crippen molar-refractivity contribution in [2.75, 3.05) is 0 Å². The molecule has 5 nitrogen and oxygen atoms in total. The summed E-state index contributed by atoms with van der Waals surface area (Å²) in [5.41, 5.74) is 1.24. The van der Waals surface area contributed by atoms with Crippen LogP contribution in [0, 0.1) is 0 Å². The number of halogens is 2. The minimum absolute atomic E-state index is 0.248. The van der Waals surface area contributed by atoms with Gasteiger partial charge in [0.05, 0.1) is 11.9 Å². The summed E-state index contributed by atoms with van der Waals surface area (Å²) < 4.78 is 1.44. The van der Waals surface area contributed by atoms with Gasteiger partial charge in [0.25, 0.3) is 0 Å². The number of hydrogen-bond acceptors (Lipinski definition) is 3. The third-order valence-corrected chi connectivity index (χ3v) is 2.52. The Hall–Kier alpha value is -1.85. The summed E-state index contributed by atoms with van der Waals surface area (Å²) in [6.07, 6.45) is 3.97. The Kier molecular flexibility index (Phi) is 3.64. The Labute approximate surface area is 112 Å². The van der Waals surface area contributed by atoms with Gasteiger partial charge in [-0.3, -0.25) is 0 Å². The maximum absolute atomic E-state index is 10.5. The number of carboxylic acid groups (broad SMARTS) is 1. The molecular formula is C11H7Cl2N3O2. The van der Waals surface area contributed by atoms with Crippen molar-refractivity contribution in [3.63, 3.8) is 0 Å². The molecule has 0 fully saturated rings. The van der Waals surface area contributed by atoms with Crippen molar-refractivity contribution >= 4 is 35.2 Å². The van der Waals surface area contributed by atoms with Crippen LogP contribution in [0.15, 0.2) is 30.5 Å². The molecule has 1 aromatic carbocycles. The Morgan fingerprint density at radius 3 is 2.78 bits per heavy atom. The van der Waals surface area contributed by atoms with Gasteiger partial charge in [-0.05, 0) is 24.3 Å². The normalized spacial score (nSPS) is 11.0. The maximum Gasteiger partial charge on any atom is 0.328 e. The highest BCUT2D eigenvalue weighted by atomic mass is 35.5. The second kappa shape index (κ2) is 5.20. The van der Waals surface area contributed by atoms with Gasteiger partial charge in [0.15, 0.2) is 5.15 Å². The van der Waals surface area contributed by atoms with E-state index in [2.05, 4.69) is 10.3 Å². The van der Waals surface area contributed by atoms with Gasteiger partial charge in [0.2, 0.25) is 0 Å². The Morgan fingerprint density at radius 2 is 2.17 bits per heavy atom. The van der Waals surface area contributed by atoms with Crippen molar-refractivity contribution in [3.8, 4) is 5.69 Å². The fourth-order valence-corrected chi connectivity index (χ4v) is 1.70. The van der Waals surface area contributed by atoms with E-state index < -0.39 is 5.97 Å². The summed E-state index contributed by atoms with van der Waals surface area (Å²) >= 11 is 11.6. The van der Waals surface area contributed by atoms with Gasteiger partial charge in [-0.2, -0.15) is 0 Å². The molecule has 0 saturated heterocycles. The number of hydrogen-bond donors (Lipinski definition) is 1. The SMILES string of the molecule is O=C(O)/C=C/c1cc(Cl)ccc1-n1cc(Cl)nn1. The van der Waals surface area contributed by atoms with Crippen LogP contribution in [0.5, 0.6) is 0 Å². The summed E-state index contributed by atoms with van der Waals surface area (Å²) in [4.78, 5) is 10.5. The summed E-state index contributed by atoms with van der Waals surface area (Å²) in [6, 6.07) is 5.01. The van der Waals surface area contributed by atoms with Crippen molar-refractivity contribution in [2.24, 2.45) is 0 Å². The molecule has 0 spiro atoms. The highest BCUT2D eigenvalue weighted by Gasteiger charge is 2.06. The fourth-order valence-electron chi connectivity index (χ4n) is 1.39. The molecule has 1 aromatic heterocycles. The fraction of sp³-hybridized carbons (Fsp3) is 0. The smallest absolute Gasteiger partial charge is 0.328 e. The minimum atomic E-state index is -1.04.